The van der Waals surface area contributed by atoms with Crippen LogP contribution in [0.15, 0.2) is 223 Å². The van der Waals surface area contributed by atoms with Crippen LogP contribution in [0.4, 0.5) is 11.4 Å². The van der Waals surface area contributed by atoms with Gasteiger partial charge in [0.15, 0.2) is 0 Å². The summed E-state index contributed by atoms with van der Waals surface area (Å²) in [5.41, 5.74) is 12.5. The highest BCUT2D eigenvalue weighted by molar-refractivity contribution is 7.86. The molecule has 8 aromatic rings. The van der Waals surface area contributed by atoms with Gasteiger partial charge in [0.2, 0.25) is 0 Å². The number of methoxy groups -OCH3 is 2. The van der Waals surface area contributed by atoms with E-state index in [0.717, 1.165) is 97.6 Å². The largest absolute Gasteiger partial charge is 0.497 e. The predicted octanol–water partition coefficient (Wildman–Crippen LogP) is 14.6. The molecule has 0 bridgehead atoms. The molecule has 1 aliphatic heterocycles. The van der Waals surface area contributed by atoms with E-state index in [-0.39, 0.29) is 37.0 Å². The van der Waals surface area contributed by atoms with Crippen molar-refractivity contribution in [2.24, 2.45) is 0 Å². The first-order valence-electron chi connectivity index (χ1n) is 37.2. The van der Waals surface area contributed by atoms with Crippen LogP contribution in [0.3, 0.4) is 0 Å². The second-order valence-corrected chi connectivity index (χ2v) is 31.6. The van der Waals surface area contributed by atoms with Gasteiger partial charge in [-0.3, -0.25) is 43.6 Å². The zero-order chi connectivity index (χ0) is 77.1. The standard InChI is InChI=1S/C85H103N9O13S2/c1-84(2,77-56-74(102-5)33-35-79(77)90-43-15-17-51-108(96,97)98)38-20-23-66-21-19-22-67(30-37-81-85(3,4)78-57-75(103-6)34-36-80(78)94(81)45-16-18-52-109(99,100)101)82(66)107-73-31-28-68(29-32-73)83(95)91-44-46-104-47-48-105-49-50-106-76-54-64(58-92(60-69-24-7-11-39-86-69)61-70-25-8-12-40-87-70)53-65(55-76)59-93(62-71-26-9-13-41-88-71)63-72-27-10-14-42-89-72/h7-14,20,23-37,39-42,53-57,90H,15-19,21-22,38,43-52,58-63H2,1-6H3,(H,91,95)(H,96,97,98)(H,99,100,101)/b23-20+,67-30+,81-37+. The van der Waals surface area contributed by atoms with E-state index in [4.69, 9.17) is 28.4 Å². The number of benzene rings is 4. The molecule has 24 heteroatoms. The maximum absolute atomic E-state index is 13.6. The summed E-state index contributed by atoms with van der Waals surface area (Å²) in [6, 6.07) is 49.3. The van der Waals surface area contributed by atoms with E-state index in [0.29, 0.717) is 134 Å². The number of hydrogen-bond acceptors (Lipinski definition) is 19. The first-order chi connectivity index (χ1) is 52.6. The number of hydrogen-bond donors (Lipinski definition) is 4. The Morgan fingerprint density at radius 2 is 1.13 bits per heavy atom. The zero-order valence-corrected chi connectivity index (χ0v) is 65.0. The summed E-state index contributed by atoms with van der Waals surface area (Å²) >= 11 is 0. The Kier molecular flexibility index (Phi) is 30.2. The predicted molar refractivity (Wildman–Crippen MR) is 426 cm³/mol. The molecule has 1 amide bonds. The van der Waals surface area contributed by atoms with Gasteiger partial charge in [-0.2, -0.15) is 16.8 Å². The van der Waals surface area contributed by atoms with Crippen molar-refractivity contribution in [1.29, 1.82) is 0 Å². The summed E-state index contributed by atoms with van der Waals surface area (Å²) < 4.78 is 102. The monoisotopic (exact) mass is 1520 g/mol. The normalized spacial score (nSPS) is 14.6. The van der Waals surface area contributed by atoms with Crippen LogP contribution in [0.5, 0.6) is 23.0 Å². The Bertz CT molecular complexity index is 4420. The van der Waals surface area contributed by atoms with E-state index in [2.05, 4.69) is 122 Å². The minimum absolute atomic E-state index is 0.263. The van der Waals surface area contributed by atoms with E-state index < -0.39 is 31.1 Å². The number of aromatic nitrogens is 4. The third-order valence-electron chi connectivity index (χ3n) is 19.1. The van der Waals surface area contributed by atoms with E-state index in [1.165, 1.54) is 0 Å². The van der Waals surface area contributed by atoms with Gasteiger partial charge in [-0.15, -0.1) is 0 Å². The Hall–Kier alpha value is -9.63. The lowest BCUT2D eigenvalue weighted by Crippen LogP contribution is -2.27. The van der Waals surface area contributed by atoms with Crippen LogP contribution in [-0.4, -0.2) is 140 Å². The fraction of sp³-hybridized carbons (Fsp3) is 0.376. The minimum Gasteiger partial charge on any atom is -0.497 e. The molecule has 10 rings (SSSR count). The molecule has 22 nitrogen and oxygen atoms in total. The van der Waals surface area contributed by atoms with Gasteiger partial charge in [0, 0.05) is 112 Å². The first-order valence-corrected chi connectivity index (χ1v) is 40.4. The van der Waals surface area contributed by atoms with Crippen LogP contribution < -0.4 is 34.5 Å². The molecule has 0 spiro atoms. The van der Waals surface area contributed by atoms with Gasteiger partial charge in [-0.05, 0) is 218 Å². The molecular formula is C85H103N9O13S2. The van der Waals surface area contributed by atoms with E-state index in [9.17, 15) is 30.7 Å². The molecule has 4 aromatic heterocycles. The van der Waals surface area contributed by atoms with Crippen LogP contribution in [0, 0.1) is 0 Å². The SMILES string of the molecule is COc1ccc(NCCCCS(=O)(=O)O)c(C(C)(C)C/C=C/C2=C(Oc3ccc(C(=O)NCCOCCOCCOc4cc(CN(Cc5ccccn5)Cc5ccccn5)cc(CN(Cc5ccccn5)Cc5ccccn5)c4)cc3)C(=C/C=C3/N(CCCCS(=O)(=O)O)c4ccc(OC)cc4C3(C)C)/CCC2)c1. The summed E-state index contributed by atoms with van der Waals surface area (Å²) in [6.07, 6.45) is 20.5. The number of nitrogens with one attached hydrogen (secondary N) is 2. The fourth-order valence-electron chi connectivity index (χ4n) is 13.6. The van der Waals surface area contributed by atoms with Crippen molar-refractivity contribution in [2.75, 3.05) is 88.6 Å². The van der Waals surface area contributed by atoms with Crippen LogP contribution in [-0.2, 0) is 79.8 Å². The number of amides is 1. The number of unbranched alkanes of at least 4 members (excludes halogenated alkanes) is 2. The van der Waals surface area contributed by atoms with Crippen molar-refractivity contribution in [3.05, 3.63) is 274 Å². The number of carbonyl (C=O) groups is 1. The Balaban J connectivity index is 0.778. The van der Waals surface area contributed by atoms with Crippen molar-refractivity contribution < 1.29 is 59.2 Å². The molecule has 2 aliphatic rings. The summed E-state index contributed by atoms with van der Waals surface area (Å²) in [4.78, 5) is 39.2. The summed E-state index contributed by atoms with van der Waals surface area (Å²) in [7, 11) is -4.90. The maximum atomic E-state index is 13.6. The highest BCUT2D eigenvalue weighted by Gasteiger charge is 2.40. The smallest absolute Gasteiger partial charge is 0.264 e. The third-order valence-corrected chi connectivity index (χ3v) is 20.7. The number of nitrogens with zero attached hydrogens (tertiary/aromatic N) is 7. The van der Waals surface area contributed by atoms with Crippen LogP contribution in [0.25, 0.3) is 0 Å². The van der Waals surface area contributed by atoms with Crippen molar-refractivity contribution in [1.82, 2.24) is 35.1 Å². The number of rotatable bonds is 43. The maximum Gasteiger partial charge on any atom is 0.264 e. The molecule has 0 unspecified atom stereocenters. The van der Waals surface area contributed by atoms with E-state index in [1.807, 2.05) is 128 Å². The lowest BCUT2D eigenvalue weighted by atomic mass is 9.80. The van der Waals surface area contributed by atoms with Gasteiger partial charge in [0.1, 0.15) is 35.4 Å². The number of anilines is 2. The average molecular weight is 1520 g/mol. The summed E-state index contributed by atoms with van der Waals surface area (Å²) in [6.45, 7) is 15.2. The number of pyridine rings is 4. The van der Waals surface area contributed by atoms with Crippen LogP contribution >= 0.6 is 0 Å². The molecule has 109 heavy (non-hydrogen) atoms. The lowest BCUT2D eigenvalue weighted by molar-refractivity contribution is 0.0370. The highest BCUT2D eigenvalue weighted by atomic mass is 32.2. The zero-order valence-electron chi connectivity index (χ0n) is 63.4. The summed E-state index contributed by atoms with van der Waals surface area (Å²) in [5.74, 6) is 2.52. The number of allylic oxidation sites excluding steroid dienone is 7. The second kappa shape index (κ2) is 40.2. The van der Waals surface area contributed by atoms with E-state index >= 15 is 0 Å². The molecule has 1 aliphatic carbocycles. The van der Waals surface area contributed by atoms with Crippen molar-refractivity contribution >= 4 is 37.5 Å². The molecule has 0 atom stereocenters. The van der Waals surface area contributed by atoms with Gasteiger partial charge in [-0.1, -0.05) is 76.3 Å². The fourth-order valence-corrected chi connectivity index (χ4v) is 14.7. The van der Waals surface area contributed by atoms with Gasteiger partial charge in [0.25, 0.3) is 26.1 Å². The lowest BCUT2D eigenvalue weighted by Gasteiger charge is -2.28. The van der Waals surface area contributed by atoms with Crippen molar-refractivity contribution in [3.63, 3.8) is 0 Å². The van der Waals surface area contributed by atoms with Crippen molar-refractivity contribution in [2.45, 2.75) is 129 Å². The average Bonchev–Trinajstić information content (AvgIpc) is 1.59. The quantitative estimate of drug-likeness (QED) is 0.0204. The molecule has 0 saturated carbocycles. The molecule has 4 aromatic carbocycles. The Labute approximate surface area is 642 Å². The second-order valence-electron chi connectivity index (χ2n) is 28.4. The molecule has 4 N–H and O–H groups in total. The topological polar surface area (TPSA) is 267 Å². The van der Waals surface area contributed by atoms with Gasteiger partial charge >= 0.3 is 0 Å². The van der Waals surface area contributed by atoms with Crippen LogP contribution in [0.1, 0.15) is 134 Å². The molecule has 5 heterocycles. The molecule has 578 valence electrons. The Morgan fingerprint density at radius 1 is 0.587 bits per heavy atom. The summed E-state index contributed by atoms with van der Waals surface area (Å²) in [5, 5.41) is 6.47. The third kappa shape index (κ3) is 25.7. The van der Waals surface area contributed by atoms with Gasteiger partial charge in [0.05, 0.1) is 74.9 Å². The molecule has 0 saturated heterocycles. The number of fused-ring (bicyclic) bond motifs is 1. The van der Waals surface area contributed by atoms with Crippen molar-refractivity contribution in [3.8, 4) is 23.0 Å². The molecule has 0 fully saturated rings. The van der Waals surface area contributed by atoms with Gasteiger partial charge in [-0.25, -0.2) is 0 Å². The highest BCUT2D eigenvalue weighted by Crippen LogP contribution is 2.49. The Morgan fingerprint density at radius 3 is 1.69 bits per heavy atom. The van der Waals surface area contributed by atoms with Gasteiger partial charge < -0.3 is 44.0 Å². The van der Waals surface area contributed by atoms with E-state index in [1.54, 1.807) is 38.5 Å². The number of ether oxygens (including phenoxy) is 6. The first kappa shape index (κ1) is 81.9. The number of carbonyl (C=O) groups excluding carboxylic acids is 1. The molecular weight excluding hydrogens is 1420 g/mol. The molecule has 0 radical (unpaired) electrons. The minimum atomic E-state index is -4.13. The van der Waals surface area contributed by atoms with Crippen LogP contribution in [0.2, 0.25) is 0 Å².